The maximum Gasteiger partial charge on any atom is 0.267 e. The first-order chi connectivity index (χ1) is 7.24. The van der Waals surface area contributed by atoms with Crippen molar-refractivity contribution in [2.75, 3.05) is 17.3 Å². The summed E-state index contributed by atoms with van der Waals surface area (Å²) in [4.78, 5) is 20.2. The van der Waals surface area contributed by atoms with Crippen LogP contribution in [0.1, 0.15) is 12.8 Å². The van der Waals surface area contributed by atoms with Gasteiger partial charge in [0, 0.05) is 18.5 Å². The predicted molar refractivity (Wildman–Crippen MR) is 63.6 cm³/mol. The van der Waals surface area contributed by atoms with Crippen LogP contribution in [0.15, 0.2) is 15.6 Å². The molecule has 0 aromatic carbocycles. The highest BCUT2D eigenvalue weighted by Crippen LogP contribution is 2.32. The quantitative estimate of drug-likeness (QED) is 0.860. The third-order valence-electron chi connectivity index (χ3n) is 2.36. The number of hydrogen-bond acceptors (Lipinski definition) is 3. The molecule has 0 aliphatic heterocycles. The summed E-state index contributed by atoms with van der Waals surface area (Å²) in [5, 5.41) is 0. The van der Waals surface area contributed by atoms with E-state index in [1.54, 1.807) is 0 Å². The van der Waals surface area contributed by atoms with Gasteiger partial charge in [-0.15, -0.1) is 11.6 Å². The third-order valence-corrected chi connectivity index (χ3v) is 3.25. The molecule has 0 amide bonds. The minimum atomic E-state index is -0.153. The number of nitrogens with one attached hydrogen (secondary N) is 1. The lowest BCUT2D eigenvalue weighted by Crippen LogP contribution is -2.30. The average molecular weight is 293 g/mol. The van der Waals surface area contributed by atoms with Crippen molar-refractivity contribution in [1.82, 2.24) is 9.97 Å². The minimum Gasteiger partial charge on any atom is -0.351 e. The van der Waals surface area contributed by atoms with Crippen LogP contribution in [0.5, 0.6) is 0 Å². The summed E-state index contributed by atoms with van der Waals surface area (Å²) in [5.74, 6) is 1.24. The highest BCUT2D eigenvalue weighted by atomic mass is 79.9. The standard InChI is InChI=1S/C9H11BrClN3O/c10-7-8(12-5-13-9(7)15)14(4-3-11)6-1-2-6/h5-6H,1-4H2,(H,12,13,15). The van der Waals surface area contributed by atoms with Crippen molar-refractivity contribution < 1.29 is 0 Å². The number of alkyl halides is 1. The van der Waals surface area contributed by atoms with E-state index in [0.29, 0.717) is 22.2 Å². The van der Waals surface area contributed by atoms with Crippen molar-refractivity contribution in [1.29, 1.82) is 0 Å². The Morgan fingerprint density at radius 2 is 2.40 bits per heavy atom. The Kier molecular flexibility index (Phi) is 3.31. The van der Waals surface area contributed by atoms with Gasteiger partial charge in [-0.05, 0) is 28.8 Å². The van der Waals surface area contributed by atoms with Crippen LogP contribution in [0.2, 0.25) is 0 Å². The molecule has 0 unspecified atom stereocenters. The van der Waals surface area contributed by atoms with E-state index in [0.717, 1.165) is 19.4 Å². The van der Waals surface area contributed by atoms with E-state index in [4.69, 9.17) is 11.6 Å². The fourth-order valence-corrected chi connectivity index (χ4v) is 2.14. The number of halogens is 2. The molecule has 0 saturated heterocycles. The minimum absolute atomic E-state index is 0.153. The highest BCUT2D eigenvalue weighted by Gasteiger charge is 2.31. The zero-order valence-corrected chi connectivity index (χ0v) is 10.4. The first-order valence-corrected chi connectivity index (χ1v) is 6.12. The molecular formula is C9H11BrClN3O. The molecule has 2 rings (SSSR count). The van der Waals surface area contributed by atoms with Crippen molar-refractivity contribution in [2.24, 2.45) is 0 Å². The number of aromatic amines is 1. The van der Waals surface area contributed by atoms with Crippen LogP contribution in [-0.2, 0) is 0 Å². The van der Waals surface area contributed by atoms with Gasteiger partial charge in [0.1, 0.15) is 4.47 Å². The zero-order chi connectivity index (χ0) is 10.8. The molecule has 15 heavy (non-hydrogen) atoms. The maximum atomic E-state index is 11.4. The monoisotopic (exact) mass is 291 g/mol. The molecule has 0 atom stereocenters. The number of hydrogen-bond donors (Lipinski definition) is 1. The summed E-state index contributed by atoms with van der Waals surface area (Å²) < 4.78 is 0.488. The van der Waals surface area contributed by atoms with Crippen LogP contribution < -0.4 is 10.5 Å². The fraction of sp³-hybridized carbons (Fsp3) is 0.556. The second kappa shape index (κ2) is 4.53. The maximum absolute atomic E-state index is 11.4. The lowest BCUT2D eigenvalue weighted by molar-refractivity contribution is 0.802. The van der Waals surface area contributed by atoms with Crippen LogP contribution in [0, 0.1) is 0 Å². The number of H-pyrrole nitrogens is 1. The van der Waals surface area contributed by atoms with Crippen molar-refractivity contribution in [3.63, 3.8) is 0 Å². The Morgan fingerprint density at radius 1 is 1.67 bits per heavy atom. The molecule has 1 saturated carbocycles. The molecule has 1 aromatic rings. The number of nitrogens with zero attached hydrogens (tertiary/aromatic N) is 2. The average Bonchev–Trinajstić information content (AvgIpc) is 3.03. The Balaban J connectivity index is 2.32. The van der Waals surface area contributed by atoms with Crippen LogP contribution in [-0.4, -0.2) is 28.4 Å². The van der Waals surface area contributed by atoms with E-state index in [1.807, 2.05) is 0 Å². The van der Waals surface area contributed by atoms with Crippen molar-refractivity contribution in [2.45, 2.75) is 18.9 Å². The molecule has 1 aliphatic carbocycles. The van der Waals surface area contributed by atoms with Gasteiger partial charge in [-0.3, -0.25) is 4.79 Å². The topological polar surface area (TPSA) is 49.0 Å². The molecule has 1 heterocycles. The van der Waals surface area contributed by atoms with Gasteiger partial charge in [0.05, 0.1) is 6.33 Å². The van der Waals surface area contributed by atoms with Gasteiger partial charge >= 0.3 is 0 Å². The van der Waals surface area contributed by atoms with E-state index in [2.05, 4.69) is 30.8 Å². The number of anilines is 1. The Bertz CT molecular complexity index is 405. The molecule has 4 nitrogen and oxygen atoms in total. The largest absolute Gasteiger partial charge is 0.351 e. The Morgan fingerprint density at radius 3 is 3.00 bits per heavy atom. The van der Waals surface area contributed by atoms with Gasteiger partial charge in [0.15, 0.2) is 5.82 Å². The van der Waals surface area contributed by atoms with E-state index >= 15 is 0 Å². The SMILES string of the molecule is O=c1[nH]cnc(N(CCCl)C2CC2)c1Br. The second-order valence-corrected chi connectivity index (χ2v) is 4.65. The molecule has 1 aromatic heterocycles. The fourth-order valence-electron chi connectivity index (χ4n) is 1.51. The van der Waals surface area contributed by atoms with E-state index in [-0.39, 0.29) is 5.56 Å². The zero-order valence-electron chi connectivity index (χ0n) is 8.04. The van der Waals surface area contributed by atoms with Gasteiger partial charge in [0.2, 0.25) is 0 Å². The summed E-state index contributed by atoms with van der Waals surface area (Å²) in [6.45, 7) is 0.723. The first-order valence-electron chi connectivity index (χ1n) is 4.80. The lowest BCUT2D eigenvalue weighted by atomic mass is 10.4. The lowest BCUT2D eigenvalue weighted by Gasteiger charge is -2.22. The molecule has 1 fully saturated rings. The van der Waals surface area contributed by atoms with Gasteiger partial charge < -0.3 is 9.88 Å². The summed E-state index contributed by atoms with van der Waals surface area (Å²) in [6, 6.07) is 0.495. The summed E-state index contributed by atoms with van der Waals surface area (Å²) in [6.07, 6.45) is 3.72. The molecular weight excluding hydrogens is 281 g/mol. The third kappa shape index (κ3) is 2.34. The molecule has 0 bridgehead atoms. The molecule has 1 aliphatic rings. The predicted octanol–water partition coefficient (Wildman–Crippen LogP) is 1.74. The summed E-state index contributed by atoms with van der Waals surface area (Å²) in [7, 11) is 0. The van der Waals surface area contributed by atoms with Gasteiger partial charge in [-0.25, -0.2) is 4.98 Å². The smallest absolute Gasteiger partial charge is 0.267 e. The van der Waals surface area contributed by atoms with Crippen LogP contribution >= 0.6 is 27.5 Å². The first kappa shape index (κ1) is 11.0. The highest BCUT2D eigenvalue weighted by molar-refractivity contribution is 9.10. The second-order valence-electron chi connectivity index (χ2n) is 3.48. The van der Waals surface area contributed by atoms with Crippen LogP contribution in [0.25, 0.3) is 0 Å². The van der Waals surface area contributed by atoms with Crippen LogP contribution in [0.3, 0.4) is 0 Å². The molecule has 1 N–H and O–H groups in total. The normalized spacial score (nSPS) is 15.3. The van der Waals surface area contributed by atoms with Crippen molar-refractivity contribution in [3.8, 4) is 0 Å². The van der Waals surface area contributed by atoms with Gasteiger partial charge in [-0.1, -0.05) is 0 Å². The van der Waals surface area contributed by atoms with E-state index < -0.39 is 0 Å². The van der Waals surface area contributed by atoms with Crippen molar-refractivity contribution >= 4 is 33.3 Å². The number of rotatable bonds is 4. The van der Waals surface area contributed by atoms with Crippen LogP contribution in [0.4, 0.5) is 5.82 Å². The van der Waals surface area contributed by atoms with Gasteiger partial charge in [-0.2, -0.15) is 0 Å². The van der Waals surface area contributed by atoms with E-state index in [1.165, 1.54) is 6.33 Å². The molecule has 0 radical (unpaired) electrons. The summed E-state index contributed by atoms with van der Waals surface area (Å²) in [5.41, 5.74) is -0.153. The Hall–Kier alpha value is -0.550. The summed E-state index contributed by atoms with van der Waals surface area (Å²) >= 11 is 9.00. The van der Waals surface area contributed by atoms with E-state index in [9.17, 15) is 4.79 Å². The molecule has 82 valence electrons. The van der Waals surface area contributed by atoms with Crippen molar-refractivity contribution in [3.05, 3.63) is 21.2 Å². The molecule has 6 heteroatoms. The Labute approximate surface area is 101 Å². The van der Waals surface area contributed by atoms with Gasteiger partial charge in [0.25, 0.3) is 5.56 Å². The molecule has 0 spiro atoms. The number of aromatic nitrogens is 2.